The van der Waals surface area contributed by atoms with Crippen LogP contribution in [0.15, 0.2) is 77.3 Å². The Morgan fingerprint density at radius 1 is 0.886 bits per heavy atom. The van der Waals surface area contributed by atoms with E-state index in [9.17, 15) is 9.59 Å². The number of halogens is 1. The van der Waals surface area contributed by atoms with Crippen molar-refractivity contribution >= 4 is 27.7 Å². The van der Waals surface area contributed by atoms with E-state index in [0.717, 1.165) is 38.7 Å². The number of rotatable bonds is 10. The van der Waals surface area contributed by atoms with Crippen molar-refractivity contribution in [3.05, 3.63) is 105 Å². The second kappa shape index (κ2) is 12.7. The largest absolute Gasteiger partial charge is 0.352 e. The minimum absolute atomic E-state index is 0.0322. The molecule has 3 rings (SSSR count). The van der Waals surface area contributed by atoms with Gasteiger partial charge in [-0.25, -0.2) is 0 Å². The van der Waals surface area contributed by atoms with Crippen molar-refractivity contribution < 1.29 is 9.59 Å². The first-order valence-electron chi connectivity index (χ1n) is 12.2. The molecule has 3 aromatic rings. The quantitative estimate of drug-likeness (QED) is 0.338. The van der Waals surface area contributed by atoms with E-state index in [4.69, 9.17) is 0 Å². The normalized spacial score (nSPS) is 12.6. The van der Waals surface area contributed by atoms with Crippen LogP contribution in [0.5, 0.6) is 0 Å². The maximum Gasteiger partial charge on any atom is 0.243 e. The monoisotopic (exact) mass is 534 g/mol. The lowest BCUT2D eigenvalue weighted by Crippen LogP contribution is -2.52. The lowest BCUT2D eigenvalue weighted by Gasteiger charge is -2.32. The molecule has 0 saturated carbocycles. The lowest BCUT2D eigenvalue weighted by atomic mass is 10.00. The molecule has 4 nitrogen and oxygen atoms in total. The molecule has 2 atom stereocenters. The first-order chi connectivity index (χ1) is 16.7. The van der Waals surface area contributed by atoms with Crippen molar-refractivity contribution in [2.45, 2.75) is 65.6 Å². The minimum atomic E-state index is -0.617. The van der Waals surface area contributed by atoms with Crippen molar-refractivity contribution in [3.63, 3.8) is 0 Å². The molecule has 2 amide bonds. The van der Waals surface area contributed by atoms with Gasteiger partial charge in [0.1, 0.15) is 6.04 Å². The molecular weight excluding hydrogens is 500 g/mol. The van der Waals surface area contributed by atoms with Crippen LogP contribution in [-0.2, 0) is 29.0 Å². The van der Waals surface area contributed by atoms with Crippen LogP contribution in [0.2, 0.25) is 0 Å². The average molecular weight is 536 g/mol. The summed E-state index contributed by atoms with van der Waals surface area (Å²) < 4.78 is 0.977. The smallest absolute Gasteiger partial charge is 0.243 e. The van der Waals surface area contributed by atoms with Crippen LogP contribution in [0.3, 0.4) is 0 Å². The number of amides is 2. The van der Waals surface area contributed by atoms with Gasteiger partial charge in [-0.3, -0.25) is 9.59 Å². The Morgan fingerprint density at radius 2 is 1.51 bits per heavy atom. The first-order valence-corrected chi connectivity index (χ1v) is 13.0. The van der Waals surface area contributed by atoms with Crippen molar-refractivity contribution in [3.8, 4) is 0 Å². The van der Waals surface area contributed by atoms with Gasteiger partial charge >= 0.3 is 0 Å². The molecule has 3 aromatic carbocycles. The maximum atomic E-state index is 13.8. The highest BCUT2D eigenvalue weighted by molar-refractivity contribution is 9.10. The number of hydrogen-bond donors (Lipinski definition) is 1. The molecule has 0 bridgehead atoms. The van der Waals surface area contributed by atoms with Gasteiger partial charge in [0.05, 0.1) is 6.42 Å². The third-order valence-corrected chi connectivity index (χ3v) is 6.70. The van der Waals surface area contributed by atoms with Crippen LogP contribution in [0.25, 0.3) is 0 Å². The van der Waals surface area contributed by atoms with Crippen molar-refractivity contribution in [1.29, 1.82) is 0 Å². The third-order valence-electron chi connectivity index (χ3n) is 6.18. The molecule has 184 valence electrons. The number of nitrogens with one attached hydrogen (secondary N) is 1. The van der Waals surface area contributed by atoms with E-state index in [1.54, 1.807) is 4.90 Å². The average Bonchev–Trinajstić information content (AvgIpc) is 2.82. The summed E-state index contributed by atoms with van der Waals surface area (Å²) in [5.74, 6) is -0.174. The number of aryl methyl sites for hydroxylation is 2. The zero-order valence-corrected chi connectivity index (χ0v) is 22.6. The van der Waals surface area contributed by atoms with E-state index in [1.807, 2.05) is 94.4 Å². The molecule has 0 unspecified atom stereocenters. The summed E-state index contributed by atoms with van der Waals surface area (Å²) >= 11 is 3.49. The van der Waals surface area contributed by atoms with E-state index in [2.05, 4.69) is 27.3 Å². The summed E-state index contributed by atoms with van der Waals surface area (Å²) in [6.45, 7) is 8.48. The summed E-state index contributed by atoms with van der Waals surface area (Å²) in [5.41, 5.74) is 5.23. The van der Waals surface area contributed by atoms with E-state index < -0.39 is 6.04 Å². The Kier molecular flexibility index (Phi) is 9.67. The van der Waals surface area contributed by atoms with E-state index in [0.29, 0.717) is 13.0 Å². The van der Waals surface area contributed by atoms with E-state index >= 15 is 0 Å². The molecule has 0 aliphatic carbocycles. The molecule has 0 fully saturated rings. The Labute approximate surface area is 217 Å². The first kappa shape index (κ1) is 26.7. The fraction of sp³-hybridized carbons (Fsp3) is 0.333. The molecule has 0 aliphatic heterocycles. The Balaban J connectivity index is 1.98. The van der Waals surface area contributed by atoms with Crippen molar-refractivity contribution in [2.75, 3.05) is 0 Å². The summed E-state index contributed by atoms with van der Waals surface area (Å²) in [4.78, 5) is 29.1. The second-order valence-corrected chi connectivity index (χ2v) is 10.3. The van der Waals surface area contributed by atoms with Gasteiger partial charge in [-0.2, -0.15) is 0 Å². The van der Waals surface area contributed by atoms with Crippen LogP contribution in [0, 0.1) is 13.8 Å². The van der Waals surface area contributed by atoms with Crippen LogP contribution in [-0.4, -0.2) is 28.8 Å². The van der Waals surface area contributed by atoms with Gasteiger partial charge < -0.3 is 10.2 Å². The topological polar surface area (TPSA) is 49.4 Å². The number of benzene rings is 3. The minimum Gasteiger partial charge on any atom is -0.352 e. The molecule has 1 N–H and O–H groups in total. The van der Waals surface area contributed by atoms with Gasteiger partial charge in [0.25, 0.3) is 0 Å². The zero-order chi connectivity index (χ0) is 25.4. The van der Waals surface area contributed by atoms with Gasteiger partial charge in [-0.1, -0.05) is 94.6 Å². The summed E-state index contributed by atoms with van der Waals surface area (Å²) in [6.07, 6.45) is 1.53. The lowest BCUT2D eigenvalue weighted by molar-refractivity contribution is -0.141. The van der Waals surface area contributed by atoms with Crippen molar-refractivity contribution in [1.82, 2.24) is 10.2 Å². The summed E-state index contributed by atoms with van der Waals surface area (Å²) in [5, 5.41) is 3.12. The standard InChI is InChI=1S/C30H35BrN2O2/c1-5-23(4)32-30(35)28(18-24-9-7-6-8-10-24)33(20-25-11-13-27(31)14-12-25)29(34)19-26-16-21(2)15-22(3)17-26/h6-17,23,28H,5,18-20H2,1-4H3,(H,32,35)/t23-,28-/m1/s1. The van der Waals surface area contributed by atoms with Gasteiger partial charge in [0.2, 0.25) is 11.8 Å². The molecule has 0 aromatic heterocycles. The third kappa shape index (κ3) is 8.07. The molecule has 5 heteroatoms. The van der Waals surface area contributed by atoms with Gasteiger partial charge in [-0.15, -0.1) is 0 Å². The number of nitrogens with zero attached hydrogens (tertiary/aromatic N) is 1. The maximum absolute atomic E-state index is 13.8. The molecular formula is C30H35BrN2O2. The summed E-state index contributed by atoms with van der Waals surface area (Å²) in [7, 11) is 0. The van der Waals surface area contributed by atoms with Crippen molar-refractivity contribution in [2.24, 2.45) is 0 Å². The molecule has 0 saturated heterocycles. The Morgan fingerprint density at radius 3 is 2.11 bits per heavy atom. The molecule has 0 heterocycles. The SMILES string of the molecule is CC[C@@H](C)NC(=O)[C@@H](Cc1ccccc1)N(Cc1ccc(Br)cc1)C(=O)Cc1cc(C)cc(C)c1. The van der Waals surface area contributed by atoms with E-state index in [1.165, 1.54) is 0 Å². The van der Waals surface area contributed by atoms with Gasteiger partial charge in [0, 0.05) is 23.5 Å². The van der Waals surface area contributed by atoms with E-state index in [-0.39, 0.29) is 24.3 Å². The predicted octanol–water partition coefficient (Wildman–Crippen LogP) is 6.16. The van der Waals surface area contributed by atoms with Crippen LogP contribution in [0.4, 0.5) is 0 Å². The number of carbonyl (C=O) groups is 2. The fourth-order valence-electron chi connectivity index (χ4n) is 4.23. The highest BCUT2D eigenvalue weighted by Gasteiger charge is 2.31. The summed E-state index contributed by atoms with van der Waals surface area (Å²) in [6, 6.07) is 23.5. The fourth-order valence-corrected chi connectivity index (χ4v) is 4.49. The zero-order valence-electron chi connectivity index (χ0n) is 21.1. The number of carbonyl (C=O) groups excluding carboxylic acids is 2. The highest BCUT2D eigenvalue weighted by Crippen LogP contribution is 2.19. The Hall–Kier alpha value is -2.92. The highest BCUT2D eigenvalue weighted by atomic mass is 79.9. The molecule has 0 aliphatic rings. The molecule has 0 spiro atoms. The van der Waals surface area contributed by atoms with Gasteiger partial charge in [-0.05, 0) is 56.0 Å². The number of hydrogen-bond acceptors (Lipinski definition) is 2. The van der Waals surface area contributed by atoms with Crippen LogP contribution < -0.4 is 5.32 Å². The Bertz CT molecular complexity index is 1110. The van der Waals surface area contributed by atoms with Gasteiger partial charge in [0.15, 0.2) is 0 Å². The molecule has 0 radical (unpaired) electrons. The van der Waals surface area contributed by atoms with Crippen LogP contribution >= 0.6 is 15.9 Å². The van der Waals surface area contributed by atoms with Crippen LogP contribution in [0.1, 0.15) is 48.1 Å². The molecule has 35 heavy (non-hydrogen) atoms. The second-order valence-electron chi connectivity index (χ2n) is 9.34. The predicted molar refractivity (Wildman–Crippen MR) is 146 cm³/mol.